The highest BCUT2D eigenvalue weighted by atomic mass is 19.3. The van der Waals surface area contributed by atoms with Gasteiger partial charge in [0.1, 0.15) is 5.82 Å². The predicted molar refractivity (Wildman–Crippen MR) is 126 cm³/mol. The van der Waals surface area contributed by atoms with Gasteiger partial charge >= 0.3 is 6.43 Å². The molecular formula is C25H30F3N5O2. The lowest BCUT2D eigenvalue weighted by molar-refractivity contribution is -0.118. The van der Waals surface area contributed by atoms with Gasteiger partial charge in [0, 0.05) is 50.4 Å². The van der Waals surface area contributed by atoms with E-state index in [-0.39, 0.29) is 18.0 Å². The number of carbonyl (C=O) groups excluding carboxylic acids is 1. The van der Waals surface area contributed by atoms with E-state index in [2.05, 4.69) is 34.1 Å². The topological polar surface area (TPSA) is 65.7 Å². The van der Waals surface area contributed by atoms with Crippen LogP contribution in [-0.2, 0) is 17.8 Å². The summed E-state index contributed by atoms with van der Waals surface area (Å²) in [6, 6.07) is 13.7. The van der Waals surface area contributed by atoms with Gasteiger partial charge in [-0.3, -0.25) is 4.79 Å². The molecule has 1 saturated heterocycles. The van der Waals surface area contributed by atoms with Crippen molar-refractivity contribution in [2.24, 2.45) is 0 Å². The molecule has 0 atom stereocenters. The summed E-state index contributed by atoms with van der Waals surface area (Å²) in [5.41, 5.74) is 1.57. The highest BCUT2D eigenvalue weighted by Crippen LogP contribution is 2.25. The first-order valence-corrected chi connectivity index (χ1v) is 11.4. The lowest BCUT2D eigenvalue weighted by Crippen LogP contribution is -2.42. The second-order valence-electron chi connectivity index (χ2n) is 8.47. The van der Waals surface area contributed by atoms with Crippen LogP contribution in [0.15, 0.2) is 52.9 Å². The van der Waals surface area contributed by atoms with Gasteiger partial charge in [-0.1, -0.05) is 36.4 Å². The molecule has 0 radical (unpaired) electrons. The molecule has 1 aromatic heterocycles. The second-order valence-corrected chi connectivity index (χ2v) is 8.47. The maximum absolute atomic E-state index is 14.4. The van der Waals surface area contributed by atoms with Crippen LogP contribution in [0.25, 0.3) is 11.5 Å². The zero-order chi connectivity index (χ0) is 25.2. The molecule has 2 aromatic carbocycles. The molecule has 10 heteroatoms. The molecule has 0 saturated carbocycles. The summed E-state index contributed by atoms with van der Waals surface area (Å²) in [5.74, 6) is -1.59. The van der Waals surface area contributed by atoms with E-state index < -0.39 is 18.1 Å². The summed E-state index contributed by atoms with van der Waals surface area (Å²) in [7, 11) is 4.35. The fourth-order valence-electron chi connectivity index (χ4n) is 3.46. The van der Waals surface area contributed by atoms with E-state index in [1.54, 1.807) is 0 Å². The number of likely N-dealkylation sites (N-methyl/N-ethyl adjacent to an activating group) is 2. The van der Waals surface area contributed by atoms with Crippen molar-refractivity contribution in [3.05, 3.63) is 71.4 Å². The standard InChI is InChI=1S/C19H16F3N3O2.C6H14N2/c20-16-10-14(18-23-24-19(27-18)17(21)22)6-7-15(16)11-25(12-26)9-8-13-4-2-1-3-5-13;1-7-3-5-8(2)6-4-7/h1-7,10,12,17H,8-9,11H2;3-6H2,1-2H3. The molecule has 1 fully saturated rings. The van der Waals surface area contributed by atoms with Crippen LogP contribution in [0.3, 0.4) is 0 Å². The second kappa shape index (κ2) is 13.0. The summed E-state index contributed by atoms with van der Waals surface area (Å²) >= 11 is 0. The number of hydrogen-bond donors (Lipinski definition) is 0. The van der Waals surface area contributed by atoms with Crippen LogP contribution in [0.2, 0.25) is 0 Å². The van der Waals surface area contributed by atoms with E-state index in [0.29, 0.717) is 24.9 Å². The first kappa shape index (κ1) is 26.4. The lowest BCUT2D eigenvalue weighted by Gasteiger charge is -2.28. The van der Waals surface area contributed by atoms with E-state index in [4.69, 9.17) is 4.42 Å². The van der Waals surface area contributed by atoms with Crippen LogP contribution in [0.1, 0.15) is 23.4 Å². The van der Waals surface area contributed by atoms with Gasteiger partial charge in [0.25, 0.3) is 5.89 Å². The number of alkyl halides is 2. The summed E-state index contributed by atoms with van der Waals surface area (Å²) in [6.07, 6.45) is -1.57. The molecule has 1 aliphatic rings. The Hall–Kier alpha value is -3.24. The van der Waals surface area contributed by atoms with Crippen LogP contribution < -0.4 is 0 Å². The van der Waals surface area contributed by atoms with Gasteiger partial charge < -0.3 is 19.1 Å². The average molecular weight is 490 g/mol. The van der Waals surface area contributed by atoms with Crippen LogP contribution in [-0.4, -0.2) is 78.1 Å². The molecule has 3 aromatic rings. The third-order valence-electron chi connectivity index (χ3n) is 5.71. The molecule has 0 N–H and O–H groups in total. The summed E-state index contributed by atoms with van der Waals surface area (Å²) in [4.78, 5) is 17.5. The van der Waals surface area contributed by atoms with Crippen LogP contribution in [0.4, 0.5) is 13.2 Å². The van der Waals surface area contributed by atoms with Crippen LogP contribution in [0.5, 0.6) is 0 Å². The monoisotopic (exact) mass is 489 g/mol. The zero-order valence-corrected chi connectivity index (χ0v) is 19.9. The Kier molecular flexibility index (Phi) is 9.80. The third kappa shape index (κ3) is 8.18. The van der Waals surface area contributed by atoms with Crippen molar-refractivity contribution in [3.8, 4) is 11.5 Å². The minimum absolute atomic E-state index is 0.0918. The van der Waals surface area contributed by atoms with Gasteiger partial charge in [-0.05, 0) is 38.2 Å². The van der Waals surface area contributed by atoms with Crippen molar-refractivity contribution in [1.29, 1.82) is 0 Å². The predicted octanol–water partition coefficient (Wildman–Crippen LogP) is 3.88. The van der Waals surface area contributed by atoms with E-state index in [9.17, 15) is 18.0 Å². The number of rotatable bonds is 8. The van der Waals surface area contributed by atoms with Gasteiger partial charge in [-0.15, -0.1) is 10.2 Å². The first-order chi connectivity index (χ1) is 16.9. The van der Waals surface area contributed by atoms with Crippen molar-refractivity contribution in [2.45, 2.75) is 19.4 Å². The number of carbonyl (C=O) groups is 1. The molecule has 35 heavy (non-hydrogen) atoms. The van der Waals surface area contributed by atoms with Crippen molar-refractivity contribution in [2.75, 3.05) is 46.8 Å². The summed E-state index contributed by atoms with van der Waals surface area (Å²) in [6.45, 7) is 5.46. The highest BCUT2D eigenvalue weighted by molar-refractivity contribution is 5.54. The molecular weight excluding hydrogens is 459 g/mol. The number of amides is 1. The molecule has 7 nitrogen and oxygen atoms in total. The molecule has 0 spiro atoms. The Morgan fingerprint density at radius 3 is 2.23 bits per heavy atom. The Labute approximate surface area is 203 Å². The number of halogens is 3. The van der Waals surface area contributed by atoms with Crippen LogP contribution >= 0.6 is 0 Å². The Morgan fingerprint density at radius 2 is 1.69 bits per heavy atom. The summed E-state index contributed by atoms with van der Waals surface area (Å²) in [5, 5.41) is 6.70. The van der Waals surface area contributed by atoms with E-state index >= 15 is 0 Å². The Bertz CT molecular complexity index is 1050. The molecule has 4 rings (SSSR count). The molecule has 0 unspecified atom stereocenters. The fourth-order valence-corrected chi connectivity index (χ4v) is 3.46. The average Bonchev–Trinajstić information content (AvgIpc) is 3.36. The molecule has 188 valence electrons. The van der Waals surface area contributed by atoms with Crippen molar-refractivity contribution in [3.63, 3.8) is 0 Å². The van der Waals surface area contributed by atoms with E-state index in [1.807, 2.05) is 30.3 Å². The fraction of sp³-hybridized carbons (Fsp3) is 0.400. The smallest absolute Gasteiger partial charge is 0.314 e. The molecule has 2 heterocycles. The number of piperazine rings is 1. The molecule has 1 amide bonds. The third-order valence-corrected chi connectivity index (χ3v) is 5.71. The van der Waals surface area contributed by atoms with Gasteiger partial charge in [-0.2, -0.15) is 8.78 Å². The SMILES string of the molecule is CN1CCN(C)CC1.O=CN(CCc1ccccc1)Cc1ccc(-c2nnc(C(F)F)o2)cc1F. The van der Waals surface area contributed by atoms with Crippen LogP contribution in [0, 0.1) is 5.82 Å². The normalized spacial score (nSPS) is 14.5. The van der Waals surface area contributed by atoms with Gasteiger partial charge in [0.2, 0.25) is 12.3 Å². The minimum Gasteiger partial charge on any atom is -0.415 e. The lowest BCUT2D eigenvalue weighted by atomic mass is 10.1. The maximum atomic E-state index is 14.4. The van der Waals surface area contributed by atoms with E-state index in [1.165, 1.54) is 43.2 Å². The van der Waals surface area contributed by atoms with Crippen molar-refractivity contribution >= 4 is 6.41 Å². The number of aromatic nitrogens is 2. The van der Waals surface area contributed by atoms with Gasteiger partial charge in [0.15, 0.2) is 0 Å². The minimum atomic E-state index is -2.89. The molecule has 0 aliphatic carbocycles. The maximum Gasteiger partial charge on any atom is 0.314 e. The zero-order valence-electron chi connectivity index (χ0n) is 19.9. The quantitative estimate of drug-likeness (QED) is 0.448. The van der Waals surface area contributed by atoms with Crippen molar-refractivity contribution in [1.82, 2.24) is 24.9 Å². The molecule has 0 bridgehead atoms. The Morgan fingerprint density at radius 1 is 1.03 bits per heavy atom. The number of nitrogens with zero attached hydrogens (tertiary/aromatic N) is 5. The number of benzene rings is 2. The first-order valence-electron chi connectivity index (χ1n) is 11.4. The Balaban J connectivity index is 0.000000363. The van der Waals surface area contributed by atoms with Gasteiger partial charge in [0.05, 0.1) is 0 Å². The van der Waals surface area contributed by atoms with Crippen molar-refractivity contribution < 1.29 is 22.4 Å². The summed E-state index contributed by atoms with van der Waals surface area (Å²) < 4.78 is 44.2. The van der Waals surface area contributed by atoms with E-state index in [0.717, 1.165) is 11.6 Å². The highest BCUT2D eigenvalue weighted by Gasteiger charge is 2.18. The van der Waals surface area contributed by atoms with Gasteiger partial charge in [-0.25, -0.2) is 4.39 Å². The largest absolute Gasteiger partial charge is 0.415 e. The molecule has 1 aliphatic heterocycles. The number of hydrogen-bond acceptors (Lipinski definition) is 6.